The summed E-state index contributed by atoms with van der Waals surface area (Å²) >= 11 is 0. The SMILES string of the molecule is COC(=O)c1cccc(/C=C/c2cc3ccccc3o2)c1. The number of carbonyl (C=O) groups is 1. The molecule has 0 bridgehead atoms. The third-order valence-electron chi connectivity index (χ3n) is 3.19. The zero-order valence-corrected chi connectivity index (χ0v) is 11.6. The van der Waals surface area contributed by atoms with Gasteiger partial charge in [0.1, 0.15) is 11.3 Å². The van der Waals surface area contributed by atoms with Crippen molar-refractivity contribution in [3.05, 3.63) is 71.5 Å². The van der Waals surface area contributed by atoms with E-state index in [9.17, 15) is 4.79 Å². The van der Waals surface area contributed by atoms with Gasteiger partial charge in [0.25, 0.3) is 0 Å². The first kappa shape index (κ1) is 13.2. The topological polar surface area (TPSA) is 39.4 Å². The fourth-order valence-corrected chi connectivity index (χ4v) is 2.15. The first-order valence-corrected chi connectivity index (χ1v) is 6.61. The second-order valence-electron chi connectivity index (χ2n) is 4.64. The van der Waals surface area contributed by atoms with Crippen molar-refractivity contribution in [3.63, 3.8) is 0 Å². The van der Waals surface area contributed by atoms with Crippen LogP contribution in [0.2, 0.25) is 0 Å². The number of furan rings is 1. The minimum absolute atomic E-state index is 0.339. The van der Waals surface area contributed by atoms with Crippen molar-refractivity contribution in [1.29, 1.82) is 0 Å². The average Bonchev–Trinajstić information content (AvgIpc) is 2.95. The molecule has 0 N–H and O–H groups in total. The van der Waals surface area contributed by atoms with Crippen molar-refractivity contribution in [2.45, 2.75) is 0 Å². The standard InChI is InChI=1S/C18H14O3/c1-20-18(19)15-7-4-5-13(11-15)9-10-16-12-14-6-2-3-8-17(14)21-16/h2-12H,1H3/b10-9+. The molecule has 3 heteroatoms. The Morgan fingerprint density at radius 1 is 1.05 bits per heavy atom. The molecule has 0 unspecified atom stereocenters. The number of benzene rings is 2. The maximum absolute atomic E-state index is 11.5. The third-order valence-corrected chi connectivity index (χ3v) is 3.19. The van der Waals surface area contributed by atoms with Crippen LogP contribution in [-0.2, 0) is 4.74 Å². The summed E-state index contributed by atoms with van der Waals surface area (Å²) in [6, 6.07) is 17.1. The second kappa shape index (κ2) is 5.67. The number of fused-ring (bicyclic) bond motifs is 1. The summed E-state index contributed by atoms with van der Waals surface area (Å²) < 4.78 is 10.4. The van der Waals surface area contributed by atoms with Gasteiger partial charge in [-0.3, -0.25) is 0 Å². The van der Waals surface area contributed by atoms with Crippen molar-refractivity contribution >= 4 is 29.1 Å². The zero-order valence-electron chi connectivity index (χ0n) is 11.6. The van der Waals surface area contributed by atoms with E-state index >= 15 is 0 Å². The molecule has 0 radical (unpaired) electrons. The van der Waals surface area contributed by atoms with E-state index < -0.39 is 0 Å². The van der Waals surface area contributed by atoms with Crippen molar-refractivity contribution in [2.75, 3.05) is 7.11 Å². The lowest BCUT2D eigenvalue weighted by molar-refractivity contribution is 0.0600. The Bertz CT molecular complexity index is 779. The predicted octanol–water partition coefficient (Wildman–Crippen LogP) is 4.39. The molecular formula is C18H14O3. The van der Waals surface area contributed by atoms with E-state index in [4.69, 9.17) is 9.15 Å². The molecule has 104 valence electrons. The number of hydrogen-bond donors (Lipinski definition) is 0. The Morgan fingerprint density at radius 2 is 1.90 bits per heavy atom. The molecule has 0 atom stereocenters. The van der Waals surface area contributed by atoms with Gasteiger partial charge >= 0.3 is 5.97 Å². The number of methoxy groups -OCH3 is 1. The van der Waals surface area contributed by atoms with Crippen LogP contribution in [0.5, 0.6) is 0 Å². The Morgan fingerprint density at radius 3 is 2.71 bits per heavy atom. The first-order valence-electron chi connectivity index (χ1n) is 6.61. The quantitative estimate of drug-likeness (QED) is 0.667. The lowest BCUT2D eigenvalue weighted by Gasteiger charge is -1.99. The normalized spacial score (nSPS) is 11.1. The lowest BCUT2D eigenvalue weighted by Crippen LogP contribution is -2.00. The van der Waals surface area contributed by atoms with Gasteiger partial charge in [-0.25, -0.2) is 4.79 Å². The number of esters is 1. The molecule has 1 heterocycles. The molecule has 3 rings (SSSR count). The van der Waals surface area contributed by atoms with Crippen LogP contribution in [-0.4, -0.2) is 13.1 Å². The highest BCUT2D eigenvalue weighted by Gasteiger charge is 2.04. The number of rotatable bonds is 3. The summed E-state index contributed by atoms with van der Waals surface area (Å²) in [7, 11) is 1.37. The van der Waals surface area contributed by atoms with Crippen LogP contribution >= 0.6 is 0 Å². The molecule has 3 aromatic rings. The highest BCUT2D eigenvalue weighted by molar-refractivity contribution is 5.90. The van der Waals surface area contributed by atoms with E-state index in [1.807, 2.05) is 54.6 Å². The van der Waals surface area contributed by atoms with E-state index in [2.05, 4.69) is 0 Å². The molecule has 0 aliphatic heterocycles. The van der Waals surface area contributed by atoms with Gasteiger partial charge in [0.05, 0.1) is 12.7 Å². The Labute approximate surface area is 122 Å². The molecule has 0 saturated heterocycles. The molecule has 0 aliphatic rings. The van der Waals surface area contributed by atoms with Crippen molar-refractivity contribution < 1.29 is 13.9 Å². The van der Waals surface area contributed by atoms with E-state index in [1.54, 1.807) is 12.1 Å². The summed E-state index contributed by atoms with van der Waals surface area (Å²) in [6.45, 7) is 0. The van der Waals surface area contributed by atoms with Crippen molar-refractivity contribution in [2.24, 2.45) is 0 Å². The van der Waals surface area contributed by atoms with Crippen LogP contribution in [0.15, 0.2) is 59.0 Å². The molecule has 3 nitrogen and oxygen atoms in total. The van der Waals surface area contributed by atoms with Crippen LogP contribution in [0, 0.1) is 0 Å². The number of hydrogen-bond acceptors (Lipinski definition) is 3. The maximum atomic E-state index is 11.5. The average molecular weight is 278 g/mol. The molecule has 0 fully saturated rings. The van der Waals surface area contributed by atoms with Crippen LogP contribution in [0.4, 0.5) is 0 Å². The highest BCUT2D eigenvalue weighted by Crippen LogP contribution is 2.20. The molecule has 0 spiro atoms. The van der Waals surface area contributed by atoms with Gasteiger partial charge < -0.3 is 9.15 Å². The summed E-state index contributed by atoms with van der Waals surface area (Å²) in [5, 5.41) is 1.07. The highest BCUT2D eigenvalue weighted by atomic mass is 16.5. The van der Waals surface area contributed by atoms with Gasteiger partial charge in [0.2, 0.25) is 0 Å². The van der Waals surface area contributed by atoms with Gasteiger partial charge in [0.15, 0.2) is 0 Å². The number of carbonyl (C=O) groups excluding carboxylic acids is 1. The van der Waals surface area contributed by atoms with Crippen LogP contribution in [0.1, 0.15) is 21.7 Å². The molecular weight excluding hydrogens is 264 g/mol. The van der Waals surface area contributed by atoms with Crippen molar-refractivity contribution in [3.8, 4) is 0 Å². The summed E-state index contributed by atoms with van der Waals surface area (Å²) in [6.07, 6.45) is 3.79. The van der Waals surface area contributed by atoms with E-state index in [0.29, 0.717) is 5.56 Å². The second-order valence-corrected chi connectivity index (χ2v) is 4.64. The first-order chi connectivity index (χ1) is 10.3. The lowest BCUT2D eigenvalue weighted by atomic mass is 10.1. The van der Waals surface area contributed by atoms with Crippen LogP contribution in [0.3, 0.4) is 0 Å². The Hall–Kier alpha value is -2.81. The molecule has 0 aliphatic carbocycles. The van der Waals surface area contributed by atoms with Crippen LogP contribution < -0.4 is 0 Å². The fourth-order valence-electron chi connectivity index (χ4n) is 2.15. The van der Waals surface area contributed by atoms with Crippen molar-refractivity contribution in [1.82, 2.24) is 0 Å². The Balaban J connectivity index is 1.87. The fraction of sp³-hybridized carbons (Fsp3) is 0.0556. The van der Waals surface area contributed by atoms with Gasteiger partial charge in [-0.15, -0.1) is 0 Å². The zero-order chi connectivity index (χ0) is 14.7. The largest absolute Gasteiger partial charge is 0.465 e. The smallest absolute Gasteiger partial charge is 0.337 e. The van der Waals surface area contributed by atoms with Gasteiger partial charge in [-0.05, 0) is 35.9 Å². The molecule has 2 aromatic carbocycles. The minimum atomic E-state index is -0.339. The van der Waals surface area contributed by atoms with E-state index in [-0.39, 0.29) is 5.97 Å². The van der Waals surface area contributed by atoms with E-state index in [0.717, 1.165) is 22.3 Å². The van der Waals surface area contributed by atoms with Gasteiger partial charge in [-0.2, -0.15) is 0 Å². The molecule has 0 amide bonds. The number of ether oxygens (including phenoxy) is 1. The molecule has 1 aromatic heterocycles. The third kappa shape index (κ3) is 2.87. The maximum Gasteiger partial charge on any atom is 0.337 e. The molecule has 21 heavy (non-hydrogen) atoms. The van der Waals surface area contributed by atoms with E-state index in [1.165, 1.54) is 7.11 Å². The summed E-state index contributed by atoms with van der Waals surface area (Å²) in [5.74, 6) is 0.439. The summed E-state index contributed by atoms with van der Waals surface area (Å²) in [5.41, 5.74) is 2.31. The van der Waals surface area contributed by atoms with Gasteiger partial charge in [-0.1, -0.05) is 36.4 Å². The van der Waals surface area contributed by atoms with Crippen LogP contribution in [0.25, 0.3) is 23.1 Å². The monoisotopic (exact) mass is 278 g/mol. The Kier molecular flexibility index (Phi) is 3.56. The predicted molar refractivity (Wildman–Crippen MR) is 82.9 cm³/mol. The van der Waals surface area contributed by atoms with Gasteiger partial charge in [0, 0.05) is 5.39 Å². The number of para-hydroxylation sites is 1. The molecule has 0 saturated carbocycles. The minimum Gasteiger partial charge on any atom is -0.465 e. The summed E-state index contributed by atoms with van der Waals surface area (Å²) in [4.78, 5) is 11.5.